The number of benzene rings is 2. The molecule has 1 N–H and O–H groups in total. The van der Waals surface area contributed by atoms with Crippen LogP contribution in [0.15, 0.2) is 47.4 Å². The molecular formula is C16H13F3N2O4S. The van der Waals surface area contributed by atoms with Crippen molar-refractivity contribution < 1.29 is 26.5 Å². The Morgan fingerprint density at radius 1 is 1.19 bits per heavy atom. The zero-order chi connectivity index (χ0) is 19.1. The molecule has 0 aromatic heterocycles. The highest BCUT2D eigenvalue weighted by molar-refractivity contribution is 7.91. The number of alkyl halides is 2. The molecule has 0 spiro atoms. The second-order valence-electron chi connectivity index (χ2n) is 5.89. The van der Waals surface area contributed by atoms with Crippen molar-refractivity contribution in [1.82, 2.24) is 0 Å². The molecule has 1 aliphatic carbocycles. The van der Waals surface area contributed by atoms with Gasteiger partial charge in [-0.3, -0.25) is 10.1 Å². The Bertz CT molecular complexity index is 966. The highest BCUT2D eigenvalue weighted by atomic mass is 32.2. The van der Waals surface area contributed by atoms with Gasteiger partial charge < -0.3 is 5.32 Å². The van der Waals surface area contributed by atoms with Gasteiger partial charge in [-0.2, -0.15) is 8.78 Å². The number of hydrogen-bond acceptors (Lipinski definition) is 5. The standard InChI is InChI=1S/C16H13F3N2O4S/c17-10-3-1-2-9(6-10)12-8-14(12)20-13-5-4-11(7-15(13)21(22)23)26(24,25)16(18)19/h1-7,12,14,16,20H,8H2/t12-,14+/m0/s1. The van der Waals surface area contributed by atoms with E-state index in [2.05, 4.69) is 5.32 Å². The fourth-order valence-electron chi connectivity index (χ4n) is 2.72. The summed E-state index contributed by atoms with van der Waals surface area (Å²) < 4.78 is 61.5. The lowest BCUT2D eigenvalue weighted by atomic mass is 10.1. The third kappa shape index (κ3) is 3.50. The van der Waals surface area contributed by atoms with Crippen LogP contribution in [-0.4, -0.2) is 25.1 Å². The molecule has 26 heavy (non-hydrogen) atoms. The zero-order valence-corrected chi connectivity index (χ0v) is 13.9. The van der Waals surface area contributed by atoms with Crippen molar-refractivity contribution in [3.05, 3.63) is 64.0 Å². The molecule has 0 radical (unpaired) electrons. The zero-order valence-electron chi connectivity index (χ0n) is 13.1. The van der Waals surface area contributed by atoms with Crippen molar-refractivity contribution in [3.8, 4) is 0 Å². The second-order valence-corrected chi connectivity index (χ2v) is 7.81. The molecule has 0 saturated heterocycles. The van der Waals surface area contributed by atoms with Crippen LogP contribution in [0.4, 0.5) is 24.5 Å². The van der Waals surface area contributed by atoms with E-state index < -0.39 is 31.1 Å². The summed E-state index contributed by atoms with van der Waals surface area (Å²) in [4.78, 5) is 9.54. The quantitative estimate of drug-likeness (QED) is 0.604. The Kier molecular flexibility index (Phi) is 4.61. The number of nitrogens with zero attached hydrogens (tertiary/aromatic N) is 1. The van der Waals surface area contributed by atoms with Gasteiger partial charge in [-0.15, -0.1) is 0 Å². The Morgan fingerprint density at radius 2 is 1.92 bits per heavy atom. The normalized spacial score (nSPS) is 19.4. The summed E-state index contributed by atoms with van der Waals surface area (Å²) in [6.45, 7) is 0. The Morgan fingerprint density at radius 3 is 2.54 bits per heavy atom. The van der Waals surface area contributed by atoms with Gasteiger partial charge in [-0.25, -0.2) is 12.8 Å². The minimum Gasteiger partial charge on any atom is -0.376 e. The highest BCUT2D eigenvalue weighted by Gasteiger charge is 2.40. The number of rotatable bonds is 6. The summed E-state index contributed by atoms with van der Waals surface area (Å²) in [6, 6.07) is 8.39. The van der Waals surface area contributed by atoms with Crippen molar-refractivity contribution in [1.29, 1.82) is 0 Å². The predicted octanol–water partition coefficient (Wildman–Crippen LogP) is 3.70. The number of anilines is 1. The van der Waals surface area contributed by atoms with Crippen LogP contribution in [0.5, 0.6) is 0 Å². The summed E-state index contributed by atoms with van der Waals surface area (Å²) in [5, 5.41) is 14.1. The summed E-state index contributed by atoms with van der Waals surface area (Å²) in [7, 11) is -4.93. The highest BCUT2D eigenvalue weighted by Crippen LogP contribution is 2.44. The molecule has 0 bridgehead atoms. The lowest BCUT2D eigenvalue weighted by Gasteiger charge is -2.09. The Balaban J connectivity index is 1.84. The molecule has 3 rings (SSSR count). The lowest BCUT2D eigenvalue weighted by Crippen LogP contribution is -2.13. The molecule has 2 atom stereocenters. The molecule has 2 aromatic rings. The first-order chi connectivity index (χ1) is 12.2. The van der Waals surface area contributed by atoms with Gasteiger partial charge in [0.25, 0.3) is 5.69 Å². The average molecular weight is 386 g/mol. The van der Waals surface area contributed by atoms with Crippen LogP contribution < -0.4 is 5.32 Å². The van der Waals surface area contributed by atoms with Crippen LogP contribution in [-0.2, 0) is 9.84 Å². The number of nitro groups is 1. The van der Waals surface area contributed by atoms with Gasteiger partial charge in [0.15, 0.2) is 0 Å². The van der Waals surface area contributed by atoms with Crippen molar-refractivity contribution >= 4 is 21.2 Å². The van der Waals surface area contributed by atoms with Gasteiger partial charge in [-0.05, 0) is 36.2 Å². The van der Waals surface area contributed by atoms with Crippen LogP contribution in [0.3, 0.4) is 0 Å². The molecule has 0 aliphatic heterocycles. The molecule has 0 heterocycles. The van der Waals surface area contributed by atoms with Gasteiger partial charge in [-0.1, -0.05) is 12.1 Å². The molecule has 1 fully saturated rings. The number of nitrogens with one attached hydrogen (secondary N) is 1. The summed E-state index contributed by atoms with van der Waals surface area (Å²) in [5.41, 5.74) is 0.144. The summed E-state index contributed by atoms with van der Waals surface area (Å²) in [5.74, 6) is -4.10. The van der Waals surface area contributed by atoms with Gasteiger partial charge in [0.1, 0.15) is 11.5 Å². The summed E-state index contributed by atoms with van der Waals surface area (Å²) in [6.07, 6.45) is 0.609. The van der Waals surface area contributed by atoms with E-state index in [0.717, 1.165) is 17.7 Å². The second kappa shape index (κ2) is 6.60. The minimum atomic E-state index is -4.93. The molecule has 2 aromatic carbocycles. The van der Waals surface area contributed by atoms with E-state index >= 15 is 0 Å². The van der Waals surface area contributed by atoms with E-state index in [-0.39, 0.29) is 23.5 Å². The van der Waals surface area contributed by atoms with E-state index in [9.17, 15) is 31.7 Å². The van der Waals surface area contributed by atoms with Crippen LogP contribution in [0.25, 0.3) is 0 Å². The van der Waals surface area contributed by atoms with E-state index in [1.165, 1.54) is 12.1 Å². The SMILES string of the molecule is O=[N+]([O-])c1cc(S(=O)(=O)C(F)F)ccc1N[C@@H]1C[C@H]1c1cccc(F)c1. The average Bonchev–Trinajstić information content (AvgIpc) is 3.34. The maximum absolute atomic E-state index is 13.3. The molecular weight excluding hydrogens is 373 g/mol. The smallest absolute Gasteiger partial charge is 0.341 e. The first kappa shape index (κ1) is 18.2. The predicted molar refractivity (Wildman–Crippen MR) is 87.5 cm³/mol. The molecule has 0 amide bonds. The van der Waals surface area contributed by atoms with Crippen LogP contribution in [0.1, 0.15) is 17.9 Å². The van der Waals surface area contributed by atoms with E-state index in [4.69, 9.17) is 0 Å². The monoisotopic (exact) mass is 386 g/mol. The number of nitro benzene ring substituents is 1. The van der Waals surface area contributed by atoms with Crippen molar-refractivity contribution in [3.63, 3.8) is 0 Å². The van der Waals surface area contributed by atoms with Gasteiger partial charge in [0.05, 0.1) is 9.82 Å². The van der Waals surface area contributed by atoms with Crippen molar-refractivity contribution in [2.75, 3.05) is 5.32 Å². The summed E-state index contributed by atoms with van der Waals surface area (Å²) >= 11 is 0. The van der Waals surface area contributed by atoms with Crippen molar-refractivity contribution in [2.24, 2.45) is 0 Å². The van der Waals surface area contributed by atoms with Gasteiger partial charge in [0, 0.05) is 18.0 Å². The fraction of sp³-hybridized carbons (Fsp3) is 0.250. The van der Waals surface area contributed by atoms with Gasteiger partial charge >= 0.3 is 5.76 Å². The number of sulfone groups is 1. The molecule has 6 nitrogen and oxygen atoms in total. The van der Waals surface area contributed by atoms with Crippen molar-refractivity contribution in [2.45, 2.75) is 29.0 Å². The topological polar surface area (TPSA) is 89.3 Å². The largest absolute Gasteiger partial charge is 0.376 e. The maximum Gasteiger partial charge on any atom is 0.341 e. The fourth-order valence-corrected chi connectivity index (χ4v) is 3.46. The molecule has 10 heteroatoms. The first-order valence-corrected chi connectivity index (χ1v) is 9.07. The van der Waals surface area contributed by atoms with E-state index in [1.54, 1.807) is 12.1 Å². The number of hydrogen-bond donors (Lipinski definition) is 1. The lowest BCUT2D eigenvalue weighted by molar-refractivity contribution is -0.384. The minimum absolute atomic E-state index is 0.0205. The number of halogens is 3. The molecule has 1 saturated carbocycles. The third-order valence-corrected chi connectivity index (χ3v) is 5.52. The van der Waals surface area contributed by atoms with E-state index in [0.29, 0.717) is 12.5 Å². The molecule has 138 valence electrons. The van der Waals surface area contributed by atoms with Crippen LogP contribution >= 0.6 is 0 Å². The maximum atomic E-state index is 13.3. The van der Waals surface area contributed by atoms with Crippen LogP contribution in [0, 0.1) is 15.9 Å². The third-order valence-electron chi connectivity index (χ3n) is 4.14. The van der Waals surface area contributed by atoms with E-state index in [1.807, 2.05) is 0 Å². The Labute approximate surface area is 146 Å². The van der Waals surface area contributed by atoms with Gasteiger partial charge in [0.2, 0.25) is 9.84 Å². The first-order valence-electron chi connectivity index (χ1n) is 7.52. The Hall–Kier alpha value is -2.62. The van der Waals surface area contributed by atoms with Crippen LogP contribution in [0.2, 0.25) is 0 Å². The molecule has 1 aliphatic rings. The molecule has 0 unspecified atom stereocenters.